The van der Waals surface area contributed by atoms with Crippen LogP contribution in [0, 0.1) is 11.8 Å². The zero-order chi connectivity index (χ0) is 11.5. The molecule has 2 unspecified atom stereocenters. The first kappa shape index (κ1) is 9.72. The number of aliphatic hydroxyl groups is 1. The molecule has 1 heterocycles. The fourth-order valence-electron chi connectivity index (χ4n) is 3.78. The highest BCUT2D eigenvalue weighted by atomic mass is 16.3. The van der Waals surface area contributed by atoms with Crippen molar-refractivity contribution in [2.24, 2.45) is 11.8 Å². The number of furan rings is 1. The molecule has 0 spiro atoms. The molecule has 2 nitrogen and oxygen atoms in total. The molecule has 1 aromatic heterocycles. The van der Waals surface area contributed by atoms with E-state index in [0.717, 1.165) is 16.5 Å². The maximum atomic E-state index is 10.9. The summed E-state index contributed by atoms with van der Waals surface area (Å²) in [6.45, 7) is 0. The second-order valence-corrected chi connectivity index (χ2v) is 5.47. The standard InChI is InChI=1S/C15H16O2/c16-15(11-6-2-3-7-12(11)15)13-9-17-14-8-4-1-5-10(13)14/h1,4-5,8-9,11-12,16H,2-3,6-7H2. The molecule has 88 valence electrons. The maximum Gasteiger partial charge on any atom is 0.134 e. The van der Waals surface area contributed by atoms with Crippen LogP contribution in [-0.2, 0) is 5.60 Å². The van der Waals surface area contributed by atoms with Gasteiger partial charge in [0.05, 0.1) is 11.9 Å². The van der Waals surface area contributed by atoms with Gasteiger partial charge in [-0.15, -0.1) is 0 Å². The van der Waals surface area contributed by atoms with Gasteiger partial charge in [0.15, 0.2) is 0 Å². The first-order chi connectivity index (χ1) is 8.32. The molecule has 1 N–H and O–H groups in total. The lowest BCUT2D eigenvalue weighted by Crippen LogP contribution is -2.09. The second kappa shape index (κ2) is 3.14. The van der Waals surface area contributed by atoms with Crippen molar-refractivity contribution in [1.82, 2.24) is 0 Å². The van der Waals surface area contributed by atoms with E-state index in [2.05, 4.69) is 6.07 Å². The van der Waals surface area contributed by atoms with Crippen LogP contribution in [0.3, 0.4) is 0 Å². The predicted molar refractivity (Wildman–Crippen MR) is 65.6 cm³/mol. The maximum absolute atomic E-state index is 10.9. The van der Waals surface area contributed by atoms with Crippen molar-refractivity contribution in [2.45, 2.75) is 31.3 Å². The molecule has 0 amide bonds. The van der Waals surface area contributed by atoms with Gasteiger partial charge in [-0.2, -0.15) is 0 Å². The molecule has 17 heavy (non-hydrogen) atoms. The molecule has 2 atom stereocenters. The van der Waals surface area contributed by atoms with Crippen molar-refractivity contribution in [2.75, 3.05) is 0 Å². The van der Waals surface area contributed by atoms with E-state index >= 15 is 0 Å². The first-order valence-electron chi connectivity index (χ1n) is 6.51. The minimum Gasteiger partial charge on any atom is -0.464 e. The molecule has 2 saturated carbocycles. The molecule has 4 rings (SSSR count). The third-order valence-corrected chi connectivity index (χ3v) is 4.70. The number of para-hydroxylation sites is 1. The van der Waals surface area contributed by atoms with Crippen LogP contribution < -0.4 is 0 Å². The lowest BCUT2D eigenvalue weighted by molar-refractivity contribution is 0.118. The monoisotopic (exact) mass is 228 g/mol. The summed E-state index contributed by atoms with van der Waals surface area (Å²) in [5.74, 6) is 0.939. The Morgan fingerprint density at radius 1 is 1.12 bits per heavy atom. The average molecular weight is 228 g/mol. The van der Waals surface area contributed by atoms with Crippen molar-refractivity contribution in [3.05, 3.63) is 36.1 Å². The fourth-order valence-corrected chi connectivity index (χ4v) is 3.78. The van der Waals surface area contributed by atoms with E-state index in [4.69, 9.17) is 4.42 Å². The van der Waals surface area contributed by atoms with Crippen LogP contribution in [0.2, 0.25) is 0 Å². The summed E-state index contributed by atoms with van der Waals surface area (Å²) in [5, 5.41) is 12.0. The normalized spacial score (nSPS) is 35.8. The topological polar surface area (TPSA) is 33.4 Å². The second-order valence-electron chi connectivity index (χ2n) is 5.47. The zero-order valence-corrected chi connectivity index (χ0v) is 9.73. The fraction of sp³-hybridized carbons (Fsp3) is 0.467. The third-order valence-electron chi connectivity index (χ3n) is 4.70. The summed E-state index contributed by atoms with van der Waals surface area (Å²) in [5.41, 5.74) is 1.31. The molecule has 2 heteroatoms. The minimum absolute atomic E-state index is 0.470. The SMILES string of the molecule is OC1(c2coc3ccccc23)C2CCCCC21. The summed E-state index contributed by atoms with van der Waals surface area (Å²) in [4.78, 5) is 0. The van der Waals surface area contributed by atoms with Gasteiger partial charge in [0, 0.05) is 10.9 Å². The van der Waals surface area contributed by atoms with Gasteiger partial charge in [-0.25, -0.2) is 0 Å². The Labute approximate surface area is 100 Å². The van der Waals surface area contributed by atoms with Gasteiger partial charge in [0.2, 0.25) is 0 Å². The van der Waals surface area contributed by atoms with Crippen molar-refractivity contribution in [3.8, 4) is 0 Å². The largest absolute Gasteiger partial charge is 0.464 e. The number of benzene rings is 1. The number of hydrogen-bond acceptors (Lipinski definition) is 2. The predicted octanol–water partition coefficient (Wildman–Crippen LogP) is 3.44. The zero-order valence-electron chi connectivity index (χ0n) is 9.73. The highest BCUT2D eigenvalue weighted by molar-refractivity contribution is 5.82. The molecular formula is C15H16O2. The third kappa shape index (κ3) is 1.14. The highest BCUT2D eigenvalue weighted by Crippen LogP contribution is 2.65. The van der Waals surface area contributed by atoms with E-state index in [9.17, 15) is 5.11 Å². The molecular weight excluding hydrogens is 212 g/mol. The molecule has 2 aliphatic rings. The van der Waals surface area contributed by atoms with Crippen LogP contribution in [0.25, 0.3) is 11.0 Å². The molecule has 2 fully saturated rings. The van der Waals surface area contributed by atoms with Gasteiger partial charge in [0.1, 0.15) is 5.58 Å². The van der Waals surface area contributed by atoms with Crippen LogP contribution in [0.15, 0.2) is 34.9 Å². The van der Waals surface area contributed by atoms with E-state index < -0.39 is 5.60 Å². The van der Waals surface area contributed by atoms with E-state index in [1.54, 1.807) is 6.26 Å². The van der Waals surface area contributed by atoms with E-state index in [1.807, 2.05) is 18.2 Å². The Balaban J connectivity index is 1.85. The molecule has 0 saturated heterocycles. The summed E-state index contributed by atoms with van der Waals surface area (Å²) < 4.78 is 5.56. The van der Waals surface area contributed by atoms with Crippen molar-refractivity contribution in [1.29, 1.82) is 0 Å². The molecule has 2 aromatic rings. The molecule has 0 aliphatic heterocycles. The summed E-state index contributed by atoms with van der Waals surface area (Å²) in [6, 6.07) is 8.00. The quantitative estimate of drug-likeness (QED) is 0.811. The van der Waals surface area contributed by atoms with Crippen LogP contribution in [0.5, 0.6) is 0 Å². The summed E-state index contributed by atoms with van der Waals surface area (Å²) in [6.07, 6.45) is 6.63. The Morgan fingerprint density at radius 2 is 1.82 bits per heavy atom. The lowest BCUT2D eigenvalue weighted by Gasteiger charge is -2.08. The average Bonchev–Trinajstić information content (AvgIpc) is 2.80. The molecule has 2 aliphatic carbocycles. The van der Waals surface area contributed by atoms with Gasteiger partial charge >= 0.3 is 0 Å². The molecule has 0 bridgehead atoms. The summed E-state index contributed by atoms with van der Waals surface area (Å²) in [7, 11) is 0. The van der Waals surface area contributed by atoms with Crippen molar-refractivity contribution >= 4 is 11.0 Å². The van der Waals surface area contributed by atoms with Gasteiger partial charge < -0.3 is 9.52 Å². The Morgan fingerprint density at radius 3 is 2.59 bits per heavy atom. The summed E-state index contributed by atoms with van der Waals surface area (Å²) >= 11 is 0. The Kier molecular flexibility index (Phi) is 1.79. The van der Waals surface area contributed by atoms with Crippen molar-refractivity contribution < 1.29 is 9.52 Å². The van der Waals surface area contributed by atoms with Crippen LogP contribution >= 0.6 is 0 Å². The highest BCUT2D eigenvalue weighted by Gasteiger charge is 2.65. The Hall–Kier alpha value is -1.28. The Bertz CT molecular complexity index is 557. The number of rotatable bonds is 1. The van der Waals surface area contributed by atoms with Gasteiger partial charge in [-0.1, -0.05) is 31.0 Å². The van der Waals surface area contributed by atoms with Gasteiger partial charge in [-0.05, 0) is 30.7 Å². The smallest absolute Gasteiger partial charge is 0.134 e. The molecule has 0 radical (unpaired) electrons. The number of fused-ring (bicyclic) bond motifs is 2. The van der Waals surface area contributed by atoms with Gasteiger partial charge in [-0.3, -0.25) is 0 Å². The van der Waals surface area contributed by atoms with Crippen LogP contribution in [0.1, 0.15) is 31.2 Å². The van der Waals surface area contributed by atoms with Gasteiger partial charge in [0.25, 0.3) is 0 Å². The van der Waals surface area contributed by atoms with E-state index in [1.165, 1.54) is 25.7 Å². The molecule has 1 aromatic carbocycles. The number of hydrogen-bond donors (Lipinski definition) is 1. The van der Waals surface area contributed by atoms with Crippen LogP contribution in [-0.4, -0.2) is 5.11 Å². The van der Waals surface area contributed by atoms with E-state index in [-0.39, 0.29) is 0 Å². The van der Waals surface area contributed by atoms with Crippen molar-refractivity contribution in [3.63, 3.8) is 0 Å². The lowest BCUT2D eigenvalue weighted by atomic mass is 10.0. The van der Waals surface area contributed by atoms with Crippen LogP contribution in [0.4, 0.5) is 0 Å². The minimum atomic E-state index is -0.594. The van der Waals surface area contributed by atoms with E-state index in [0.29, 0.717) is 11.8 Å². The first-order valence-corrected chi connectivity index (χ1v) is 6.51.